The molecule has 100 valence electrons. The molecule has 3 nitrogen and oxygen atoms in total. The third-order valence-corrected chi connectivity index (χ3v) is 3.81. The van der Waals surface area contributed by atoms with Crippen molar-refractivity contribution in [2.45, 2.75) is 19.8 Å². The number of benzene rings is 1. The van der Waals surface area contributed by atoms with Gasteiger partial charge in [-0.15, -0.1) is 0 Å². The third-order valence-electron chi connectivity index (χ3n) is 2.55. The molecule has 0 atom stereocenters. The maximum absolute atomic E-state index is 11.9. The second-order valence-corrected chi connectivity index (χ2v) is 5.75. The largest absolute Gasteiger partial charge is 0.306 e. The van der Waals surface area contributed by atoms with E-state index in [1.54, 1.807) is 18.2 Å². The zero-order chi connectivity index (χ0) is 14.0. The highest BCUT2D eigenvalue weighted by molar-refractivity contribution is 9.10. The molecule has 2 aromatic rings. The second-order valence-electron chi connectivity index (χ2n) is 4.08. The summed E-state index contributed by atoms with van der Waals surface area (Å²) in [6.45, 7) is 2.03. The van der Waals surface area contributed by atoms with Gasteiger partial charge in [-0.2, -0.15) is 0 Å². The standard InChI is InChI=1S/C13H11BrCl2N2O/c1-2-3-10-11(14)13(19)18-12(17-10)7-4-8(15)6-9(16)5-7/h4-6H,2-3H2,1H3,(H,17,18,19). The number of aryl methyl sites for hydroxylation is 1. The summed E-state index contributed by atoms with van der Waals surface area (Å²) >= 11 is 15.2. The molecular formula is C13H11BrCl2N2O. The highest BCUT2D eigenvalue weighted by Crippen LogP contribution is 2.25. The Bertz CT molecular complexity index is 650. The molecule has 1 aromatic carbocycles. The maximum Gasteiger partial charge on any atom is 0.265 e. The third kappa shape index (κ3) is 3.38. The van der Waals surface area contributed by atoms with Crippen LogP contribution in [0.1, 0.15) is 19.0 Å². The Hall–Kier alpha value is -0.840. The van der Waals surface area contributed by atoms with E-state index in [1.165, 1.54) is 0 Å². The summed E-state index contributed by atoms with van der Waals surface area (Å²) < 4.78 is 0.478. The molecular weight excluding hydrogens is 351 g/mol. The zero-order valence-corrected chi connectivity index (χ0v) is 13.2. The van der Waals surface area contributed by atoms with Crippen molar-refractivity contribution in [1.29, 1.82) is 0 Å². The fourth-order valence-corrected chi connectivity index (χ4v) is 2.65. The smallest absolute Gasteiger partial charge is 0.265 e. The summed E-state index contributed by atoms with van der Waals surface area (Å²) in [7, 11) is 0. The Kier molecular flexibility index (Phi) is 4.66. The molecule has 19 heavy (non-hydrogen) atoms. The van der Waals surface area contributed by atoms with Crippen LogP contribution in [-0.2, 0) is 6.42 Å². The SMILES string of the molecule is CCCc1nc(-c2cc(Cl)cc(Cl)c2)[nH]c(=O)c1Br. The van der Waals surface area contributed by atoms with E-state index in [0.717, 1.165) is 18.5 Å². The first-order valence-electron chi connectivity index (χ1n) is 5.76. The van der Waals surface area contributed by atoms with E-state index in [9.17, 15) is 4.79 Å². The fourth-order valence-electron chi connectivity index (χ4n) is 1.74. The van der Waals surface area contributed by atoms with E-state index in [-0.39, 0.29) is 5.56 Å². The molecule has 1 N–H and O–H groups in total. The summed E-state index contributed by atoms with van der Waals surface area (Å²) in [6.07, 6.45) is 1.64. The molecule has 0 aliphatic heterocycles. The normalized spacial score (nSPS) is 10.7. The van der Waals surface area contributed by atoms with Crippen LogP contribution in [0.2, 0.25) is 10.0 Å². The van der Waals surface area contributed by atoms with Crippen LogP contribution in [0, 0.1) is 0 Å². The van der Waals surface area contributed by atoms with Gasteiger partial charge in [0.2, 0.25) is 0 Å². The van der Waals surface area contributed by atoms with Crippen molar-refractivity contribution < 1.29 is 0 Å². The number of halogens is 3. The van der Waals surface area contributed by atoms with Crippen LogP contribution in [0.4, 0.5) is 0 Å². The summed E-state index contributed by atoms with van der Waals surface area (Å²) in [4.78, 5) is 19.0. The van der Waals surface area contributed by atoms with Crippen molar-refractivity contribution >= 4 is 39.1 Å². The molecule has 2 rings (SSSR count). The number of rotatable bonds is 3. The number of H-pyrrole nitrogens is 1. The molecule has 0 saturated heterocycles. The van der Waals surface area contributed by atoms with E-state index in [1.807, 2.05) is 6.92 Å². The molecule has 1 aromatic heterocycles. The first kappa shape index (κ1) is 14.6. The monoisotopic (exact) mass is 360 g/mol. The Morgan fingerprint density at radius 2 is 1.89 bits per heavy atom. The summed E-state index contributed by atoms with van der Waals surface area (Å²) in [5.41, 5.74) is 1.22. The molecule has 0 amide bonds. The van der Waals surface area contributed by atoms with Gasteiger partial charge in [-0.25, -0.2) is 4.98 Å². The average Bonchev–Trinajstić information content (AvgIpc) is 2.33. The van der Waals surface area contributed by atoms with Gasteiger partial charge in [0, 0.05) is 15.6 Å². The molecule has 0 bridgehead atoms. The minimum atomic E-state index is -0.204. The lowest BCUT2D eigenvalue weighted by molar-refractivity contribution is 0.861. The second kappa shape index (κ2) is 6.07. The van der Waals surface area contributed by atoms with Gasteiger partial charge in [-0.1, -0.05) is 36.5 Å². The lowest BCUT2D eigenvalue weighted by atomic mass is 10.2. The Morgan fingerprint density at radius 3 is 2.47 bits per heavy atom. The number of aromatic nitrogens is 2. The van der Waals surface area contributed by atoms with Crippen LogP contribution in [0.15, 0.2) is 27.5 Å². The molecule has 0 fully saturated rings. The topological polar surface area (TPSA) is 45.8 Å². The Balaban J connectivity index is 2.59. The van der Waals surface area contributed by atoms with Crippen LogP contribution < -0.4 is 5.56 Å². The molecule has 0 radical (unpaired) electrons. The van der Waals surface area contributed by atoms with Crippen molar-refractivity contribution in [3.8, 4) is 11.4 Å². The number of nitrogens with zero attached hydrogens (tertiary/aromatic N) is 1. The lowest BCUT2D eigenvalue weighted by Gasteiger charge is -2.07. The van der Waals surface area contributed by atoms with Gasteiger partial charge in [0.1, 0.15) is 10.3 Å². The summed E-state index contributed by atoms with van der Waals surface area (Å²) in [5.74, 6) is 0.473. The van der Waals surface area contributed by atoms with Crippen molar-refractivity contribution in [3.05, 3.63) is 48.8 Å². The highest BCUT2D eigenvalue weighted by atomic mass is 79.9. The van der Waals surface area contributed by atoms with E-state index in [2.05, 4.69) is 25.9 Å². The predicted molar refractivity (Wildman–Crippen MR) is 82.0 cm³/mol. The van der Waals surface area contributed by atoms with Crippen molar-refractivity contribution in [3.63, 3.8) is 0 Å². The maximum atomic E-state index is 11.9. The van der Waals surface area contributed by atoms with Gasteiger partial charge in [-0.05, 0) is 40.5 Å². The number of hydrogen-bond donors (Lipinski definition) is 1. The van der Waals surface area contributed by atoms with Crippen LogP contribution in [-0.4, -0.2) is 9.97 Å². The molecule has 6 heteroatoms. The van der Waals surface area contributed by atoms with Gasteiger partial charge in [0.05, 0.1) is 5.69 Å². The van der Waals surface area contributed by atoms with E-state index in [4.69, 9.17) is 23.2 Å². The number of nitrogens with one attached hydrogen (secondary N) is 1. The first-order chi connectivity index (χ1) is 9.01. The van der Waals surface area contributed by atoms with E-state index < -0.39 is 0 Å². The van der Waals surface area contributed by atoms with Gasteiger partial charge in [0.15, 0.2) is 0 Å². The Morgan fingerprint density at radius 1 is 1.26 bits per heavy atom. The highest BCUT2D eigenvalue weighted by Gasteiger charge is 2.10. The minimum Gasteiger partial charge on any atom is -0.306 e. The summed E-state index contributed by atoms with van der Waals surface area (Å²) in [6, 6.07) is 5.07. The van der Waals surface area contributed by atoms with Gasteiger partial charge in [-0.3, -0.25) is 4.79 Å². The molecule has 0 unspecified atom stereocenters. The van der Waals surface area contributed by atoms with Crippen molar-refractivity contribution in [2.24, 2.45) is 0 Å². The molecule has 0 aliphatic carbocycles. The summed E-state index contributed by atoms with van der Waals surface area (Å²) in [5, 5.41) is 1.01. The molecule has 0 aliphatic rings. The van der Waals surface area contributed by atoms with E-state index in [0.29, 0.717) is 25.9 Å². The van der Waals surface area contributed by atoms with Crippen LogP contribution in [0.5, 0.6) is 0 Å². The Labute approximate surface area is 129 Å². The number of hydrogen-bond acceptors (Lipinski definition) is 2. The molecule has 1 heterocycles. The minimum absolute atomic E-state index is 0.204. The van der Waals surface area contributed by atoms with Gasteiger partial charge < -0.3 is 4.98 Å². The number of aromatic amines is 1. The van der Waals surface area contributed by atoms with Crippen molar-refractivity contribution in [2.75, 3.05) is 0 Å². The molecule has 0 spiro atoms. The van der Waals surface area contributed by atoms with E-state index >= 15 is 0 Å². The van der Waals surface area contributed by atoms with Crippen LogP contribution in [0.25, 0.3) is 11.4 Å². The van der Waals surface area contributed by atoms with Crippen molar-refractivity contribution in [1.82, 2.24) is 9.97 Å². The average molecular weight is 362 g/mol. The predicted octanol–water partition coefficient (Wildman–Crippen LogP) is 4.46. The fraction of sp³-hybridized carbons (Fsp3) is 0.231. The van der Waals surface area contributed by atoms with Gasteiger partial charge >= 0.3 is 0 Å². The molecule has 0 saturated carbocycles. The first-order valence-corrected chi connectivity index (χ1v) is 7.31. The lowest BCUT2D eigenvalue weighted by Crippen LogP contribution is -2.13. The quantitative estimate of drug-likeness (QED) is 0.877. The van der Waals surface area contributed by atoms with Gasteiger partial charge in [0.25, 0.3) is 5.56 Å². The zero-order valence-electron chi connectivity index (χ0n) is 10.1. The van der Waals surface area contributed by atoms with Crippen LogP contribution in [0.3, 0.4) is 0 Å². The van der Waals surface area contributed by atoms with Crippen LogP contribution >= 0.6 is 39.1 Å².